The van der Waals surface area contributed by atoms with Crippen LogP contribution in [0.5, 0.6) is 5.75 Å². The van der Waals surface area contributed by atoms with Crippen molar-refractivity contribution in [1.29, 1.82) is 1.28 Å². The molecule has 7 atom stereocenters. The number of rotatable bonds is 4. The molecule has 2 fully saturated rings. The molecule has 136 valence electrons. The molecule has 0 spiro atoms. The SMILES string of the molecule is [3H]POc1ccc2c(c1)C[C@@H](C)C1C2CCC2(C)C1CC[C@@H]2CC(C)=O. The van der Waals surface area contributed by atoms with Gasteiger partial charge in [-0.05, 0) is 97.3 Å². The third-order valence-corrected chi connectivity index (χ3v) is 8.13. The summed E-state index contributed by atoms with van der Waals surface area (Å²) in [6.45, 7) is 6.69. The molecule has 0 amide bonds. The van der Waals surface area contributed by atoms with Gasteiger partial charge in [-0.15, -0.1) is 0 Å². The number of carbonyl (C=O) groups excluding carboxylic acids is 1. The van der Waals surface area contributed by atoms with Crippen molar-refractivity contribution in [2.45, 2.75) is 65.2 Å². The van der Waals surface area contributed by atoms with Crippen LogP contribution >= 0.6 is 9.41 Å². The zero-order valence-electron chi connectivity index (χ0n) is 16.7. The van der Waals surface area contributed by atoms with Gasteiger partial charge in [-0.3, -0.25) is 0 Å². The molecule has 3 heteroatoms. The van der Waals surface area contributed by atoms with Crippen molar-refractivity contribution < 1.29 is 9.32 Å². The Hall–Kier alpha value is -0.880. The predicted octanol–water partition coefficient (Wildman–Crippen LogP) is 5.55. The van der Waals surface area contributed by atoms with Crippen molar-refractivity contribution >= 4 is 15.2 Å². The van der Waals surface area contributed by atoms with Crippen LogP contribution in [0.4, 0.5) is 0 Å². The van der Waals surface area contributed by atoms with Gasteiger partial charge in [-0.1, -0.05) is 19.9 Å². The van der Waals surface area contributed by atoms with Gasteiger partial charge in [-0.2, -0.15) is 0 Å². The van der Waals surface area contributed by atoms with Gasteiger partial charge < -0.3 is 9.32 Å². The molecule has 0 aliphatic heterocycles. The van der Waals surface area contributed by atoms with Gasteiger partial charge >= 0.3 is 0 Å². The Bertz CT molecular complexity index is 705. The van der Waals surface area contributed by atoms with E-state index in [1.54, 1.807) is 6.92 Å². The molecule has 4 rings (SSSR count). The van der Waals surface area contributed by atoms with Crippen molar-refractivity contribution in [3.8, 4) is 5.75 Å². The van der Waals surface area contributed by atoms with Gasteiger partial charge in [0.1, 0.15) is 11.5 Å². The number of Topliss-reactive ketones (excluding diaryl/α,β-unsaturated/α-hetero) is 1. The van der Waals surface area contributed by atoms with Gasteiger partial charge in [0.25, 0.3) is 0 Å². The van der Waals surface area contributed by atoms with Crippen molar-refractivity contribution in [2.24, 2.45) is 29.1 Å². The van der Waals surface area contributed by atoms with E-state index >= 15 is 0 Å². The summed E-state index contributed by atoms with van der Waals surface area (Å²) in [6, 6.07) is 6.53. The minimum absolute atomic E-state index is 0.244. The summed E-state index contributed by atoms with van der Waals surface area (Å²) in [7, 11) is -0.244. The highest BCUT2D eigenvalue weighted by Gasteiger charge is 2.56. The molecule has 0 N–H and O–H groups in total. The molecule has 2 nitrogen and oxygen atoms in total. The van der Waals surface area contributed by atoms with Crippen LogP contribution in [0.2, 0.25) is 0 Å². The average molecular weight is 360 g/mol. The topological polar surface area (TPSA) is 26.3 Å². The zero-order chi connectivity index (χ0) is 18.5. The second-order valence-corrected chi connectivity index (χ2v) is 9.36. The first-order valence-electron chi connectivity index (χ1n) is 10.4. The minimum Gasteiger partial charge on any atom is -0.480 e. The van der Waals surface area contributed by atoms with E-state index in [4.69, 9.17) is 5.80 Å². The summed E-state index contributed by atoms with van der Waals surface area (Å²) in [5.41, 5.74) is 3.33. The van der Waals surface area contributed by atoms with Crippen molar-refractivity contribution in [1.82, 2.24) is 0 Å². The molecule has 1 aromatic rings. The largest absolute Gasteiger partial charge is 0.480 e. The van der Waals surface area contributed by atoms with Crippen LogP contribution in [-0.2, 0) is 11.2 Å². The van der Waals surface area contributed by atoms with Crippen molar-refractivity contribution in [3.63, 3.8) is 0 Å². The lowest BCUT2D eigenvalue weighted by atomic mass is 9.51. The summed E-state index contributed by atoms with van der Waals surface area (Å²) in [6.07, 6.45) is 6.96. The Morgan fingerprint density at radius 1 is 1.40 bits per heavy atom. The number of benzene rings is 1. The minimum atomic E-state index is -0.244. The highest BCUT2D eigenvalue weighted by Crippen LogP contribution is 2.64. The predicted molar refractivity (Wildman–Crippen MR) is 105 cm³/mol. The number of hydrogen-bond acceptors (Lipinski definition) is 2. The summed E-state index contributed by atoms with van der Waals surface area (Å²) < 4.78 is 12.8. The average Bonchev–Trinajstić information content (AvgIpc) is 2.91. The molecular weight excluding hydrogens is 327 g/mol. The Morgan fingerprint density at radius 2 is 2.24 bits per heavy atom. The molecule has 2 saturated carbocycles. The summed E-state index contributed by atoms with van der Waals surface area (Å²) in [5.74, 6) is 4.67. The van der Waals surface area contributed by atoms with E-state index in [9.17, 15) is 4.79 Å². The van der Waals surface area contributed by atoms with E-state index in [0.717, 1.165) is 30.4 Å². The second kappa shape index (κ2) is 6.38. The molecule has 1 aromatic carbocycles. The van der Waals surface area contributed by atoms with Crippen LogP contribution in [0.3, 0.4) is 0 Å². The molecule has 25 heavy (non-hydrogen) atoms. The molecule has 0 saturated heterocycles. The maximum absolute atomic E-state index is 11.8. The normalized spacial score (nSPS) is 40.3. The lowest BCUT2D eigenvalue weighted by Crippen LogP contribution is -2.45. The van der Waals surface area contributed by atoms with Crippen molar-refractivity contribution in [3.05, 3.63) is 29.3 Å². The third-order valence-electron chi connectivity index (χ3n) is 7.89. The maximum Gasteiger partial charge on any atom is 0.130 e. The fraction of sp³-hybridized carbons (Fsp3) is 0.682. The second-order valence-electron chi connectivity index (χ2n) is 9.16. The monoisotopic (exact) mass is 360 g/mol. The highest BCUT2D eigenvalue weighted by atomic mass is 31.0. The van der Waals surface area contributed by atoms with Crippen LogP contribution < -0.4 is 4.52 Å². The van der Waals surface area contributed by atoms with Crippen LogP contribution in [0.15, 0.2) is 18.2 Å². The molecule has 3 aliphatic rings. The number of fused-ring (bicyclic) bond motifs is 5. The smallest absolute Gasteiger partial charge is 0.130 e. The molecule has 0 aromatic heterocycles. The first-order chi connectivity index (χ1) is 12.4. The van der Waals surface area contributed by atoms with E-state index in [1.165, 1.54) is 36.8 Å². The zero-order valence-corrected chi connectivity index (χ0v) is 16.7. The highest BCUT2D eigenvalue weighted by molar-refractivity contribution is 7.10. The summed E-state index contributed by atoms with van der Waals surface area (Å²) in [5, 5.41) is 0. The Labute approximate surface area is 155 Å². The Balaban J connectivity index is 1.64. The summed E-state index contributed by atoms with van der Waals surface area (Å²) in [4.78, 5) is 11.8. The van der Waals surface area contributed by atoms with E-state index in [2.05, 4.69) is 32.0 Å². The van der Waals surface area contributed by atoms with E-state index in [-0.39, 0.29) is 9.41 Å². The standard InChI is InChI=1S/C22H31O2P/c1-13-10-15-12-17(24-25)5-6-18(15)19-8-9-22(3)16(11-14(2)23)4-7-20(22)21(13)19/h5-6,12-13,16,19-21H,4,7-11,25H2,1-3H3/t13-,16-,19?,20?,21?,22?/m1/s1/i25T/t13-,16-,19?,20?,21?,22?,25?. The molecule has 0 bridgehead atoms. The third kappa shape index (κ3) is 2.76. The van der Waals surface area contributed by atoms with E-state index < -0.39 is 0 Å². The van der Waals surface area contributed by atoms with Crippen molar-refractivity contribution in [2.75, 3.05) is 0 Å². The lowest BCUT2D eigenvalue weighted by molar-refractivity contribution is -0.119. The van der Waals surface area contributed by atoms with Gasteiger partial charge in [0.2, 0.25) is 0 Å². The molecule has 0 radical (unpaired) electrons. The first-order valence-corrected chi connectivity index (χ1v) is 10.3. The van der Waals surface area contributed by atoms with Crippen LogP contribution in [-0.4, -0.2) is 7.06 Å². The molecule has 3 aliphatic carbocycles. The van der Waals surface area contributed by atoms with Gasteiger partial charge in [0.15, 0.2) is 0 Å². The van der Waals surface area contributed by atoms with Gasteiger partial charge in [0.05, 0.1) is 10.7 Å². The van der Waals surface area contributed by atoms with E-state index in [0.29, 0.717) is 29.0 Å². The Morgan fingerprint density at radius 3 is 3.00 bits per heavy atom. The number of ketones is 1. The Kier molecular flexibility index (Phi) is 4.16. The first kappa shape index (κ1) is 16.3. The van der Waals surface area contributed by atoms with Crippen LogP contribution in [0, 0.1) is 29.1 Å². The van der Waals surface area contributed by atoms with E-state index in [1.807, 2.05) is 0 Å². The van der Waals surface area contributed by atoms with Crippen LogP contribution in [0.25, 0.3) is 0 Å². The number of hydrogen-bond donors (Lipinski definition) is 0. The van der Waals surface area contributed by atoms with Crippen LogP contribution in [0.1, 0.15) is 69.9 Å². The molecule has 5 unspecified atom stereocenters. The maximum atomic E-state index is 11.8. The lowest BCUT2D eigenvalue weighted by Gasteiger charge is -2.53. The number of carbonyl (C=O) groups is 1. The van der Waals surface area contributed by atoms with Gasteiger partial charge in [0, 0.05) is 6.42 Å². The molecular formula is C22H31O2P. The fourth-order valence-electron chi connectivity index (χ4n) is 6.81. The summed E-state index contributed by atoms with van der Waals surface area (Å²) >= 11 is 0. The quantitative estimate of drug-likeness (QED) is 0.658. The van der Waals surface area contributed by atoms with Gasteiger partial charge in [-0.25, -0.2) is 0 Å². The fourth-order valence-corrected chi connectivity index (χ4v) is 6.94. The molecule has 0 heterocycles.